The predicted octanol–water partition coefficient (Wildman–Crippen LogP) is 4.12. The Morgan fingerprint density at radius 1 is 1.37 bits per heavy atom. The summed E-state index contributed by atoms with van der Waals surface area (Å²) in [6.45, 7) is 6.18. The zero-order chi connectivity index (χ0) is 14.2. The number of nitrogens with two attached hydrogens (primary N) is 1. The average molecular weight is 350 g/mol. The normalized spacial score (nSPS) is 18.8. The first kappa shape index (κ1) is 15.2. The molecule has 19 heavy (non-hydrogen) atoms. The van der Waals surface area contributed by atoms with Crippen LogP contribution in [0.4, 0.5) is 4.39 Å². The molecule has 0 aromatic heterocycles. The molecule has 1 aromatic carbocycles. The van der Waals surface area contributed by atoms with Crippen molar-refractivity contribution in [2.24, 2.45) is 5.73 Å². The zero-order valence-corrected chi connectivity index (χ0v) is 13.6. The molecular weight excluding hydrogens is 331 g/mol. The smallest absolute Gasteiger partial charge is 0.147 e. The highest BCUT2D eigenvalue weighted by molar-refractivity contribution is 9.10. The minimum atomic E-state index is -0.421. The van der Waals surface area contributed by atoms with Crippen molar-refractivity contribution in [1.29, 1.82) is 0 Å². The van der Waals surface area contributed by atoms with Crippen LogP contribution in [-0.4, -0.2) is 23.5 Å². The summed E-state index contributed by atoms with van der Waals surface area (Å²) in [6, 6.07) is 3.06. The summed E-state index contributed by atoms with van der Waals surface area (Å²) >= 11 is 9.17. The molecule has 1 aliphatic heterocycles. The van der Waals surface area contributed by atoms with Gasteiger partial charge in [0.25, 0.3) is 0 Å². The summed E-state index contributed by atoms with van der Waals surface area (Å²) < 4.78 is 14.8. The minimum Gasteiger partial charge on any atom is -0.322 e. The molecule has 1 saturated heterocycles. The molecular formula is C14H19BrClFN2. The van der Waals surface area contributed by atoms with Crippen LogP contribution in [-0.2, 0) is 0 Å². The topological polar surface area (TPSA) is 29.3 Å². The number of hydrogen-bond donors (Lipinski definition) is 1. The van der Waals surface area contributed by atoms with Crippen LogP contribution in [0.15, 0.2) is 16.6 Å². The van der Waals surface area contributed by atoms with E-state index >= 15 is 0 Å². The van der Waals surface area contributed by atoms with E-state index in [2.05, 4.69) is 34.7 Å². The first-order valence-corrected chi connectivity index (χ1v) is 7.67. The SMILES string of the molecule is CC(C)(C(N)c1ccc(Br)c(Cl)c1F)N1CCCC1. The highest BCUT2D eigenvalue weighted by atomic mass is 79.9. The van der Waals surface area contributed by atoms with Gasteiger partial charge in [0.1, 0.15) is 5.82 Å². The number of halogens is 3. The highest BCUT2D eigenvalue weighted by Crippen LogP contribution is 2.36. The molecule has 0 aliphatic carbocycles. The third kappa shape index (κ3) is 2.82. The lowest BCUT2D eigenvalue weighted by atomic mass is 9.87. The lowest BCUT2D eigenvalue weighted by Gasteiger charge is -2.40. The molecule has 1 unspecified atom stereocenters. The summed E-state index contributed by atoms with van der Waals surface area (Å²) in [5.41, 5.74) is 6.51. The van der Waals surface area contributed by atoms with Crippen LogP contribution >= 0.6 is 27.5 Å². The number of rotatable bonds is 3. The van der Waals surface area contributed by atoms with E-state index < -0.39 is 11.9 Å². The van der Waals surface area contributed by atoms with Crippen molar-refractivity contribution in [3.05, 3.63) is 33.0 Å². The average Bonchev–Trinajstić information content (AvgIpc) is 2.90. The van der Waals surface area contributed by atoms with E-state index in [1.165, 1.54) is 12.8 Å². The molecule has 1 heterocycles. The number of benzene rings is 1. The van der Waals surface area contributed by atoms with E-state index in [1.807, 2.05) is 0 Å². The lowest BCUT2D eigenvalue weighted by Crippen LogP contribution is -2.50. The van der Waals surface area contributed by atoms with Gasteiger partial charge in [-0.05, 0) is 61.8 Å². The Labute approximate surface area is 127 Å². The van der Waals surface area contributed by atoms with Crippen molar-refractivity contribution in [2.75, 3.05) is 13.1 Å². The van der Waals surface area contributed by atoms with Gasteiger partial charge in [-0.2, -0.15) is 0 Å². The van der Waals surface area contributed by atoms with Crippen molar-refractivity contribution in [3.8, 4) is 0 Å². The van der Waals surface area contributed by atoms with Crippen LogP contribution in [0.25, 0.3) is 0 Å². The molecule has 1 atom stereocenters. The standard InChI is InChI=1S/C14H19BrClFN2/c1-14(2,19-7-3-4-8-19)13(18)9-5-6-10(15)11(16)12(9)17/h5-6,13H,3-4,7-8,18H2,1-2H3. The van der Waals surface area contributed by atoms with Crippen LogP contribution in [0.1, 0.15) is 38.3 Å². The monoisotopic (exact) mass is 348 g/mol. The zero-order valence-electron chi connectivity index (χ0n) is 11.2. The molecule has 106 valence electrons. The first-order chi connectivity index (χ1) is 8.85. The van der Waals surface area contributed by atoms with Gasteiger partial charge in [-0.1, -0.05) is 17.7 Å². The number of nitrogens with zero attached hydrogens (tertiary/aromatic N) is 1. The van der Waals surface area contributed by atoms with Crippen LogP contribution in [0, 0.1) is 5.82 Å². The molecule has 2 N–H and O–H groups in total. The second kappa shape index (κ2) is 5.68. The summed E-state index contributed by atoms with van der Waals surface area (Å²) in [7, 11) is 0. The Morgan fingerprint density at radius 2 is 1.95 bits per heavy atom. The van der Waals surface area contributed by atoms with Crippen LogP contribution in [0.3, 0.4) is 0 Å². The summed E-state index contributed by atoms with van der Waals surface area (Å²) in [5, 5.41) is 0.102. The number of likely N-dealkylation sites (tertiary alicyclic amines) is 1. The summed E-state index contributed by atoms with van der Waals surface area (Å²) in [4.78, 5) is 2.33. The second-order valence-electron chi connectivity index (χ2n) is 5.59. The van der Waals surface area contributed by atoms with Gasteiger partial charge in [-0.3, -0.25) is 4.90 Å². The molecule has 1 fully saturated rings. The quantitative estimate of drug-likeness (QED) is 0.832. The summed E-state index contributed by atoms with van der Waals surface area (Å²) in [5.74, 6) is -0.421. The van der Waals surface area contributed by atoms with E-state index in [0.717, 1.165) is 13.1 Å². The van der Waals surface area contributed by atoms with Crippen molar-refractivity contribution in [3.63, 3.8) is 0 Å². The van der Waals surface area contributed by atoms with Gasteiger partial charge in [-0.25, -0.2) is 4.39 Å². The molecule has 2 nitrogen and oxygen atoms in total. The van der Waals surface area contributed by atoms with Gasteiger partial charge in [-0.15, -0.1) is 0 Å². The van der Waals surface area contributed by atoms with E-state index in [0.29, 0.717) is 10.0 Å². The maximum atomic E-state index is 14.3. The molecule has 0 saturated carbocycles. The van der Waals surface area contributed by atoms with Gasteiger partial charge in [0, 0.05) is 15.6 Å². The fraction of sp³-hybridized carbons (Fsp3) is 0.571. The fourth-order valence-corrected chi connectivity index (χ4v) is 3.13. The maximum absolute atomic E-state index is 14.3. The van der Waals surface area contributed by atoms with Crippen LogP contribution < -0.4 is 5.73 Å². The van der Waals surface area contributed by atoms with Gasteiger partial charge >= 0.3 is 0 Å². The van der Waals surface area contributed by atoms with Crippen molar-refractivity contribution in [2.45, 2.75) is 38.3 Å². The molecule has 0 radical (unpaired) electrons. The molecule has 1 aliphatic rings. The second-order valence-corrected chi connectivity index (χ2v) is 6.82. The molecule has 0 bridgehead atoms. The Bertz CT molecular complexity index is 473. The fourth-order valence-electron chi connectivity index (χ4n) is 2.65. The van der Waals surface area contributed by atoms with Gasteiger partial charge in [0.15, 0.2) is 0 Å². The van der Waals surface area contributed by atoms with Crippen LogP contribution in [0.2, 0.25) is 5.02 Å². The van der Waals surface area contributed by atoms with E-state index in [9.17, 15) is 4.39 Å². The van der Waals surface area contributed by atoms with Crippen molar-refractivity contribution < 1.29 is 4.39 Å². The molecule has 0 spiro atoms. The molecule has 5 heteroatoms. The van der Waals surface area contributed by atoms with Gasteiger partial charge < -0.3 is 5.73 Å². The predicted molar refractivity (Wildman–Crippen MR) is 80.9 cm³/mol. The molecule has 2 rings (SSSR count). The first-order valence-electron chi connectivity index (χ1n) is 6.49. The lowest BCUT2D eigenvalue weighted by molar-refractivity contribution is 0.122. The Kier molecular flexibility index (Phi) is 4.56. The van der Waals surface area contributed by atoms with E-state index in [-0.39, 0.29) is 10.6 Å². The van der Waals surface area contributed by atoms with Gasteiger partial charge in [0.05, 0.1) is 11.1 Å². The van der Waals surface area contributed by atoms with E-state index in [4.69, 9.17) is 17.3 Å². The Morgan fingerprint density at radius 3 is 2.53 bits per heavy atom. The minimum absolute atomic E-state index is 0.102. The van der Waals surface area contributed by atoms with Crippen LogP contribution in [0.5, 0.6) is 0 Å². The largest absolute Gasteiger partial charge is 0.322 e. The summed E-state index contributed by atoms with van der Waals surface area (Å²) in [6.07, 6.45) is 2.36. The van der Waals surface area contributed by atoms with Gasteiger partial charge in [0.2, 0.25) is 0 Å². The van der Waals surface area contributed by atoms with E-state index in [1.54, 1.807) is 12.1 Å². The Hall–Kier alpha value is -0.160. The maximum Gasteiger partial charge on any atom is 0.147 e. The third-order valence-electron chi connectivity index (χ3n) is 4.08. The number of hydrogen-bond acceptors (Lipinski definition) is 2. The Balaban J connectivity index is 2.33. The van der Waals surface area contributed by atoms with Crippen molar-refractivity contribution >= 4 is 27.5 Å². The highest BCUT2D eigenvalue weighted by Gasteiger charge is 2.37. The van der Waals surface area contributed by atoms with Crippen molar-refractivity contribution in [1.82, 2.24) is 4.90 Å². The third-order valence-corrected chi connectivity index (χ3v) is 5.34. The molecule has 0 amide bonds. The molecule has 1 aromatic rings.